The zero-order valence-electron chi connectivity index (χ0n) is 23.9. The van der Waals surface area contributed by atoms with E-state index < -0.39 is 6.04 Å². The number of methoxy groups -OCH3 is 1. The number of piperidine rings is 2. The van der Waals surface area contributed by atoms with Crippen LogP contribution in [0, 0.1) is 12.8 Å². The molecule has 0 spiro atoms. The molecule has 8 heteroatoms. The first-order valence-electron chi connectivity index (χ1n) is 14.8. The summed E-state index contributed by atoms with van der Waals surface area (Å²) in [6.45, 7) is 6.59. The summed E-state index contributed by atoms with van der Waals surface area (Å²) in [5.74, 6) is 1.14. The summed E-state index contributed by atoms with van der Waals surface area (Å²) in [5.41, 5.74) is 2.81. The van der Waals surface area contributed by atoms with Gasteiger partial charge in [0.15, 0.2) is 0 Å². The second-order valence-corrected chi connectivity index (χ2v) is 11.5. The number of H-pyrrole nitrogens is 1. The summed E-state index contributed by atoms with van der Waals surface area (Å²) in [7, 11) is 1.63. The quantitative estimate of drug-likeness (QED) is 0.327. The molecule has 0 radical (unpaired) electrons. The van der Waals surface area contributed by atoms with Crippen LogP contribution in [0.4, 0.5) is 0 Å². The first-order valence-corrected chi connectivity index (χ1v) is 14.8. The van der Waals surface area contributed by atoms with E-state index in [0.29, 0.717) is 31.3 Å². The van der Waals surface area contributed by atoms with Crippen LogP contribution in [0.15, 0.2) is 18.2 Å². The number of nitrogens with zero attached hydrogens (tertiary/aromatic N) is 1. The molecule has 0 saturated carbocycles. The summed E-state index contributed by atoms with van der Waals surface area (Å²) in [4.78, 5) is 43.9. The van der Waals surface area contributed by atoms with E-state index in [-0.39, 0.29) is 24.0 Å². The lowest BCUT2D eigenvalue weighted by Gasteiger charge is -2.44. The van der Waals surface area contributed by atoms with E-state index in [2.05, 4.69) is 20.5 Å². The first-order chi connectivity index (χ1) is 18.9. The number of aryl methyl sites for hydroxylation is 1. The average molecular weight is 539 g/mol. The fourth-order valence-electron chi connectivity index (χ4n) is 6.46. The molecule has 1 aromatic carbocycles. The van der Waals surface area contributed by atoms with E-state index in [1.165, 1.54) is 38.8 Å². The van der Waals surface area contributed by atoms with Crippen molar-refractivity contribution < 1.29 is 19.1 Å². The summed E-state index contributed by atoms with van der Waals surface area (Å²) in [6, 6.07) is 5.78. The van der Waals surface area contributed by atoms with Gasteiger partial charge in [0.25, 0.3) is 0 Å². The van der Waals surface area contributed by atoms with Crippen molar-refractivity contribution in [2.75, 3.05) is 26.7 Å². The number of benzene rings is 1. The number of carbonyl (C=O) groups excluding carboxylic acids is 3. The van der Waals surface area contributed by atoms with Crippen molar-refractivity contribution in [2.24, 2.45) is 5.92 Å². The molecule has 0 bridgehead atoms. The standard InChI is InChI=1S/C31H46N4O4/c1-21(36)10-5-4-6-12-28(31(38)32-20-23-11-9-17-35-16-8-7-13-29(23)35)34-30(37)19-25-22(2)33-27-15-14-24(39-3)18-26(25)27/h14-15,18,23,28-29,33H,4-13,16-17,19-20H2,1-3H3,(H,32,38)(H,34,37)/t23-,28-,29+/m0/s1. The van der Waals surface area contributed by atoms with Crippen LogP contribution in [0.25, 0.3) is 10.9 Å². The fourth-order valence-corrected chi connectivity index (χ4v) is 6.46. The lowest BCUT2D eigenvalue weighted by Crippen LogP contribution is -2.53. The van der Waals surface area contributed by atoms with Gasteiger partial charge in [-0.05, 0) is 95.1 Å². The molecular formula is C31H46N4O4. The van der Waals surface area contributed by atoms with Gasteiger partial charge < -0.3 is 30.0 Å². The molecule has 3 N–H and O–H groups in total. The molecule has 0 unspecified atom stereocenters. The molecule has 2 fully saturated rings. The minimum absolute atomic E-state index is 0.0971. The number of ketones is 1. The number of fused-ring (bicyclic) bond motifs is 2. The highest BCUT2D eigenvalue weighted by molar-refractivity contribution is 5.93. The van der Waals surface area contributed by atoms with Crippen molar-refractivity contribution in [3.05, 3.63) is 29.5 Å². The second-order valence-electron chi connectivity index (χ2n) is 11.5. The van der Waals surface area contributed by atoms with E-state index in [9.17, 15) is 14.4 Å². The molecule has 3 heterocycles. The SMILES string of the molecule is COc1ccc2[nH]c(C)c(CC(=O)N[C@@H](CCCCCC(C)=O)C(=O)NC[C@@H]3CCCN4CCCC[C@H]34)c2c1. The van der Waals surface area contributed by atoms with Crippen LogP contribution in [0.5, 0.6) is 5.75 Å². The Kier molecular flexibility index (Phi) is 10.4. The van der Waals surface area contributed by atoms with E-state index in [1.54, 1.807) is 14.0 Å². The van der Waals surface area contributed by atoms with Crippen molar-refractivity contribution >= 4 is 28.5 Å². The second kappa shape index (κ2) is 14.0. The molecule has 1 aromatic heterocycles. The van der Waals surface area contributed by atoms with Crippen molar-refractivity contribution in [1.29, 1.82) is 0 Å². The molecule has 2 aromatic rings. The lowest BCUT2D eigenvalue weighted by atomic mass is 9.83. The maximum atomic E-state index is 13.4. The number of amides is 2. The van der Waals surface area contributed by atoms with Crippen LogP contribution < -0.4 is 15.4 Å². The molecule has 2 amide bonds. The topological polar surface area (TPSA) is 104 Å². The summed E-state index contributed by atoms with van der Waals surface area (Å²) >= 11 is 0. The summed E-state index contributed by atoms with van der Waals surface area (Å²) in [5, 5.41) is 7.21. The fraction of sp³-hybridized carbons (Fsp3) is 0.645. The predicted molar refractivity (Wildman–Crippen MR) is 154 cm³/mol. The highest BCUT2D eigenvalue weighted by Gasteiger charge is 2.33. The van der Waals surface area contributed by atoms with Gasteiger partial charge in [-0.1, -0.05) is 19.3 Å². The molecule has 0 aliphatic carbocycles. The minimum Gasteiger partial charge on any atom is -0.497 e. The Morgan fingerprint density at radius 2 is 1.92 bits per heavy atom. The Balaban J connectivity index is 1.39. The van der Waals surface area contributed by atoms with E-state index in [0.717, 1.165) is 53.6 Å². The zero-order valence-corrected chi connectivity index (χ0v) is 23.9. The van der Waals surface area contributed by atoms with E-state index in [4.69, 9.17) is 4.74 Å². The number of hydrogen-bond donors (Lipinski definition) is 3. The van der Waals surface area contributed by atoms with Crippen LogP contribution in [-0.2, 0) is 20.8 Å². The Labute approximate surface area is 232 Å². The van der Waals surface area contributed by atoms with Gasteiger partial charge in [-0.2, -0.15) is 0 Å². The number of aromatic nitrogens is 1. The number of ether oxygens (including phenoxy) is 1. The molecule has 4 rings (SSSR count). The van der Waals surface area contributed by atoms with Crippen molar-refractivity contribution in [3.8, 4) is 5.75 Å². The number of carbonyl (C=O) groups is 3. The van der Waals surface area contributed by atoms with Gasteiger partial charge in [0.1, 0.15) is 17.6 Å². The Morgan fingerprint density at radius 3 is 2.72 bits per heavy atom. The van der Waals surface area contributed by atoms with Gasteiger partial charge in [-0.3, -0.25) is 9.59 Å². The molecule has 2 aliphatic rings. The van der Waals surface area contributed by atoms with Crippen molar-refractivity contribution in [2.45, 2.75) is 96.6 Å². The molecule has 2 aliphatic heterocycles. The van der Waals surface area contributed by atoms with Gasteiger partial charge in [0, 0.05) is 35.6 Å². The van der Waals surface area contributed by atoms with Gasteiger partial charge >= 0.3 is 0 Å². The van der Waals surface area contributed by atoms with Gasteiger partial charge in [-0.25, -0.2) is 0 Å². The third-order valence-corrected chi connectivity index (χ3v) is 8.60. The van der Waals surface area contributed by atoms with E-state index in [1.807, 2.05) is 25.1 Å². The Morgan fingerprint density at radius 1 is 1.10 bits per heavy atom. The number of rotatable bonds is 13. The molecule has 2 saturated heterocycles. The number of unbranched alkanes of at least 4 members (excludes halogenated alkanes) is 2. The molecular weight excluding hydrogens is 492 g/mol. The average Bonchev–Trinajstić information content (AvgIpc) is 3.24. The number of aromatic amines is 1. The van der Waals surface area contributed by atoms with Crippen LogP contribution in [0.3, 0.4) is 0 Å². The van der Waals surface area contributed by atoms with E-state index >= 15 is 0 Å². The zero-order chi connectivity index (χ0) is 27.8. The minimum atomic E-state index is -0.582. The molecule has 214 valence electrons. The highest BCUT2D eigenvalue weighted by Crippen LogP contribution is 2.30. The van der Waals surface area contributed by atoms with Crippen molar-refractivity contribution in [3.63, 3.8) is 0 Å². The number of hydrogen-bond acceptors (Lipinski definition) is 5. The first kappa shape index (κ1) is 29.1. The van der Waals surface area contributed by atoms with Gasteiger partial charge in [0.2, 0.25) is 11.8 Å². The number of Topliss-reactive ketones (excluding diaryl/α,β-unsaturated/α-hetero) is 1. The Hall–Kier alpha value is -2.87. The lowest BCUT2D eigenvalue weighted by molar-refractivity contribution is -0.129. The van der Waals surface area contributed by atoms with Crippen LogP contribution in [0.2, 0.25) is 0 Å². The Bertz CT molecular complexity index is 1140. The van der Waals surface area contributed by atoms with Crippen LogP contribution in [-0.4, -0.2) is 66.3 Å². The maximum Gasteiger partial charge on any atom is 0.242 e. The highest BCUT2D eigenvalue weighted by atomic mass is 16.5. The van der Waals surface area contributed by atoms with Crippen LogP contribution >= 0.6 is 0 Å². The monoisotopic (exact) mass is 538 g/mol. The predicted octanol–water partition coefficient (Wildman–Crippen LogP) is 4.43. The van der Waals surface area contributed by atoms with Gasteiger partial charge in [0.05, 0.1) is 13.5 Å². The number of nitrogens with one attached hydrogen (secondary N) is 3. The third kappa shape index (κ3) is 7.84. The molecule has 39 heavy (non-hydrogen) atoms. The summed E-state index contributed by atoms with van der Waals surface area (Å²) in [6.07, 6.45) is 9.86. The molecule has 3 atom stereocenters. The maximum absolute atomic E-state index is 13.4. The van der Waals surface area contributed by atoms with Gasteiger partial charge in [-0.15, -0.1) is 0 Å². The largest absolute Gasteiger partial charge is 0.497 e. The third-order valence-electron chi connectivity index (χ3n) is 8.60. The molecule has 8 nitrogen and oxygen atoms in total. The summed E-state index contributed by atoms with van der Waals surface area (Å²) < 4.78 is 5.38. The van der Waals surface area contributed by atoms with Crippen LogP contribution in [0.1, 0.15) is 82.4 Å². The smallest absolute Gasteiger partial charge is 0.242 e. The van der Waals surface area contributed by atoms with Crippen molar-refractivity contribution in [1.82, 2.24) is 20.5 Å². The normalized spacial score (nSPS) is 20.3.